The first-order valence-corrected chi connectivity index (χ1v) is 27.8. The summed E-state index contributed by atoms with van der Waals surface area (Å²) in [5.74, 6) is -1.06. The van der Waals surface area contributed by atoms with Gasteiger partial charge in [-0.2, -0.15) is 0 Å². The van der Waals surface area contributed by atoms with E-state index in [0.717, 1.165) is 103 Å². The summed E-state index contributed by atoms with van der Waals surface area (Å²) in [4.78, 5) is 38.2. The van der Waals surface area contributed by atoms with E-state index in [9.17, 15) is 14.4 Å². The maximum Gasteiger partial charge on any atom is 0.306 e. The number of benzene rings is 2. The molecule has 0 amide bonds. The first-order chi connectivity index (χ1) is 28.3. The highest BCUT2D eigenvalue weighted by molar-refractivity contribution is 14.1. The first kappa shape index (κ1) is 55.7. The molecule has 8 nitrogen and oxygen atoms in total. The number of hydrogen-bond donors (Lipinski definition) is 2. The SMILES string of the molecule is CCCCCCCC/C=C/CCCCCCCC(=O)OC(COC(=O)CCCCCc1c(I)cc(I)c(N)c1I)COC(=O)CCCCCc1c(I)cc(I)c(N)c1I. The van der Waals surface area contributed by atoms with Crippen LogP contribution >= 0.6 is 136 Å². The molecule has 0 aromatic heterocycles. The van der Waals surface area contributed by atoms with Crippen molar-refractivity contribution < 1.29 is 28.6 Å². The zero-order chi connectivity index (χ0) is 43.4. The minimum absolute atomic E-state index is 0.140. The van der Waals surface area contributed by atoms with Gasteiger partial charge in [-0.3, -0.25) is 14.4 Å². The van der Waals surface area contributed by atoms with Crippen LogP contribution in [-0.4, -0.2) is 37.2 Å². The molecule has 0 saturated carbocycles. The van der Waals surface area contributed by atoms with Crippen molar-refractivity contribution >= 4 is 165 Å². The Morgan fingerprint density at radius 3 is 1.34 bits per heavy atom. The van der Waals surface area contributed by atoms with Crippen molar-refractivity contribution in [3.8, 4) is 0 Å². The summed E-state index contributed by atoms with van der Waals surface area (Å²) < 4.78 is 23.5. The summed E-state index contributed by atoms with van der Waals surface area (Å²) >= 11 is 13.9. The van der Waals surface area contributed by atoms with Crippen molar-refractivity contribution in [2.75, 3.05) is 24.7 Å². The lowest BCUT2D eigenvalue weighted by atomic mass is 10.1. The quantitative estimate of drug-likeness (QED) is 0.0185. The smallest absolute Gasteiger partial charge is 0.306 e. The highest BCUT2D eigenvalue weighted by Crippen LogP contribution is 2.32. The summed E-state index contributed by atoms with van der Waals surface area (Å²) in [7, 11) is 0. The molecule has 0 spiro atoms. The molecule has 4 N–H and O–H groups in total. The van der Waals surface area contributed by atoms with E-state index in [2.05, 4.69) is 167 Å². The third-order valence-corrected chi connectivity index (χ3v) is 16.2. The Balaban J connectivity index is 1.74. The minimum Gasteiger partial charge on any atom is -0.462 e. The molecule has 2 rings (SSSR count). The number of allylic oxidation sites excluding steroid dienone is 2. The highest BCUT2D eigenvalue weighted by Gasteiger charge is 2.20. The number of halogens is 6. The van der Waals surface area contributed by atoms with Crippen molar-refractivity contribution in [3.05, 3.63) is 56.8 Å². The molecular weight excluding hydrogens is 1430 g/mol. The van der Waals surface area contributed by atoms with Crippen LogP contribution in [0.5, 0.6) is 0 Å². The van der Waals surface area contributed by atoms with Crippen LogP contribution in [0.2, 0.25) is 0 Å². The van der Waals surface area contributed by atoms with Crippen LogP contribution in [0, 0.1) is 21.4 Å². The van der Waals surface area contributed by atoms with Gasteiger partial charge in [-0.15, -0.1) is 0 Å². The second kappa shape index (κ2) is 34.0. The molecule has 0 aliphatic carbocycles. The fourth-order valence-electron chi connectivity index (χ4n) is 6.47. The number of anilines is 2. The molecule has 0 fully saturated rings. The Morgan fingerprint density at radius 2 is 0.898 bits per heavy atom. The number of ether oxygens (including phenoxy) is 3. The Morgan fingerprint density at radius 1 is 0.525 bits per heavy atom. The fraction of sp³-hybridized carbons (Fsp3) is 0.622. The van der Waals surface area contributed by atoms with Gasteiger partial charge in [0.05, 0.1) is 11.4 Å². The maximum absolute atomic E-state index is 12.8. The molecule has 0 aliphatic heterocycles. The maximum atomic E-state index is 12.8. The number of nitrogens with two attached hydrogens (primary N) is 2. The van der Waals surface area contributed by atoms with Crippen molar-refractivity contribution in [2.45, 2.75) is 167 Å². The van der Waals surface area contributed by atoms with E-state index < -0.39 is 6.10 Å². The van der Waals surface area contributed by atoms with Crippen molar-refractivity contribution in [1.82, 2.24) is 0 Å². The first-order valence-electron chi connectivity index (χ1n) is 21.3. The zero-order valence-electron chi connectivity index (χ0n) is 34.6. The average molecular weight is 1490 g/mol. The molecule has 2 aromatic carbocycles. The third kappa shape index (κ3) is 24.4. The topological polar surface area (TPSA) is 131 Å². The van der Waals surface area contributed by atoms with Crippen LogP contribution in [0.15, 0.2) is 24.3 Å². The Bertz CT molecular complexity index is 1520. The number of carbonyl (C=O) groups excluding carboxylic acids is 3. The molecular formula is C45H64I6N2O6. The van der Waals surface area contributed by atoms with Crippen LogP contribution in [-0.2, 0) is 41.4 Å². The largest absolute Gasteiger partial charge is 0.462 e. The minimum atomic E-state index is -0.843. The summed E-state index contributed by atoms with van der Waals surface area (Å²) in [6, 6.07) is 4.21. The molecule has 14 heteroatoms. The lowest BCUT2D eigenvalue weighted by molar-refractivity contribution is -0.167. The third-order valence-electron chi connectivity index (χ3n) is 10.0. The lowest BCUT2D eigenvalue weighted by Crippen LogP contribution is -2.30. The van der Waals surface area contributed by atoms with Gasteiger partial charge < -0.3 is 25.7 Å². The number of hydrogen-bond acceptors (Lipinski definition) is 8. The molecule has 0 bridgehead atoms. The van der Waals surface area contributed by atoms with Crippen LogP contribution in [0.1, 0.15) is 159 Å². The van der Waals surface area contributed by atoms with Gasteiger partial charge in [0, 0.05) is 40.7 Å². The second-order valence-corrected chi connectivity index (χ2v) is 21.8. The van der Waals surface area contributed by atoms with Gasteiger partial charge >= 0.3 is 17.9 Å². The molecule has 0 aliphatic rings. The predicted molar refractivity (Wildman–Crippen MR) is 294 cm³/mol. The van der Waals surface area contributed by atoms with Gasteiger partial charge in [-0.05, 0) is 229 Å². The molecule has 59 heavy (non-hydrogen) atoms. The standard InChI is InChI=1S/C45H64I6N2O6/c1-2-3-4-5-6-7-8-9-10-11-12-13-14-15-20-27-41(56)59-32(30-57-39(54)25-21-16-18-23-33-35(46)28-37(48)44(52)42(33)50)31-58-40(55)26-22-17-19-24-34-36(47)29-38(49)45(53)43(34)51/h9-10,28-29,32H,2-8,11-27,30-31,52-53H2,1H3/b10-9+. The Hall–Kier alpha value is 0.570. The number of nitrogen functional groups attached to an aromatic ring is 2. The van der Waals surface area contributed by atoms with Gasteiger partial charge in [0.15, 0.2) is 6.10 Å². The molecule has 0 atom stereocenters. The van der Waals surface area contributed by atoms with Crippen molar-refractivity contribution in [1.29, 1.82) is 0 Å². The van der Waals surface area contributed by atoms with Gasteiger partial charge in [0.25, 0.3) is 0 Å². The van der Waals surface area contributed by atoms with Crippen LogP contribution in [0.4, 0.5) is 11.4 Å². The van der Waals surface area contributed by atoms with E-state index in [0.29, 0.717) is 12.8 Å². The molecule has 0 saturated heterocycles. The monoisotopic (exact) mass is 1490 g/mol. The molecule has 2 aromatic rings. The Kier molecular flexibility index (Phi) is 32.1. The molecule has 0 radical (unpaired) electrons. The highest BCUT2D eigenvalue weighted by atomic mass is 127. The number of esters is 3. The van der Waals surface area contributed by atoms with Crippen LogP contribution in [0.3, 0.4) is 0 Å². The predicted octanol–water partition coefficient (Wildman–Crippen LogP) is 14.4. The van der Waals surface area contributed by atoms with E-state index in [1.54, 1.807) is 0 Å². The molecule has 332 valence electrons. The average Bonchev–Trinajstić information content (AvgIpc) is 3.20. The number of rotatable bonds is 32. The van der Waals surface area contributed by atoms with E-state index in [4.69, 9.17) is 25.7 Å². The fourth-order valence-corrected chi connectivity index (χ4v) is 14.3. The van der Waals surface area contributed by atoms with Gasteiger partial charge in [-0.25, -0.2) is 0 Å². The summed E-state index contributed by atoms with van der Waals surface area (Å²) in [5.41, 5.74) is 16.6. The zero-order valence-corrected chi connectivity index (χ0v) is 47.6. The molecule has 0 heterocycles. The Labute approximate surface area is 436 Å². The number of unbranched alkanes of at least 4 members (excludes halogenated alkanes) is 15. The van der Waals surface area contributed by atoms with Crippen molar-refractivity contribution in [3.63, 3.8) is 0 Å². The van der Waals surface area contributed by atoms with Crippen molar-refractivity contribution in [2.24, 2.45) is 0 Å². The van der Waals surface area contributed by atoms with E-state index in [1.807, 2.05) is 0 Å². The summed E-state index contributed by atoms with van der Waals surface area (Å²) in [5, 5.41) is 0. The summed E-state index contributed by atoms with van der Waals surface area (Å²) in [6.45, 7) is 1.97. The van der Waals surface area contributed by atoms with E-state index in [-0.39, 0.29) is 50.4 Å². The second-order valence-electron chi connectivity index (χ2n) is 15.0. The van der Waals surface area contributed by atoms with E-state index in [1.165, 1.54) is 63.2 Å². The normalized spacial score (nSPS) is 11.5. The van der Waals surface area contributed by atoms with Crippen LogP contribution < -0.4 is 11.5 Å². The van der Waals surface area contributed by atoms with Crippen LogP contribution in [0.25, 0.3) is 0 Å². The van der Waals surface area contributed by atoms with Gasteiger partial charge in [0.2, 0.25) is 0 Å². The van der Waals surface area contributed by atoms with Gasteiger partial charge in [0.1, 0.15) is 13.2 Å². The van der Waals surface area contributed by atoms with Gasteiger partial charge in [-0.1, -0.05) is 83.3 Å². The molecule has 0 unspecified atom stereocenters. The van der Waals surface area contributed by atoms with E-state index >= 15 is 0 Å². The lowest BCUT2D eigenvalue weighted by Gasteiger charge is -2.18. The summed E-state index contributed by atoms with van der Waals surface area (Å²) in [6.07, 6.45) is 26.8. The number of carbonyl (C=O) groups is 3.